The van der Waals surface area contributed by atoms with Crippen LogP contribution in [-0.4, -0.2) is 24.0 Å². The molecule has 0 unspecified atom stereocenters. The Morgan fingerprint density at radius 2 is 1.91 bits per heavy atom. The number of aromatic nitrogens is 1. The van der Waals surface area contributed by atoms with Crippen molar-refractivity contribution >= 4 is 29.0 Å². The van der Waals surface area contributed by atoms with Crippen molar-refractivity contribution in [2.24, 2.45) is 0 Å². The van der Waals surface area contributed by atoms with E-state index in [0.29, 0.717) is 16.3 Å². The molecule has 2 rings (SSSR count). The lowest BCUT2D eigenvalue weighted by molar-refractivity contribution is 0.102. The third kappa shape index (κ3) is 4.96. The molecule has 0 saturated heterocycles. The number of nitrogens with zero attached hydrogens (tertiary/aromatic N) is 2. The fourth-order valence-corrected chi connectivity index (χ4v) is 2.55. The van der Waals surface area contributed by atoms with E-state index in [0.717, 1.165) is 31.7 Å². The zero-order valence-electron chi connectivity index (χ0n) is 13.6. The van der Waals surface area contributed by atoms with E-state index in [4.69, 9.17) is 11.6 Å². The number of carbonyl (C=O) groups excluding carboxylic acids is 1. The van der Waals surface area contributed by atoms with Gasteiger partial charge in [-0.3, -0.25) is 4.79 Å². The maximum atomic E-state index is 12.3. The van der Waals surface area contributed by atoms with Gasteiger partial charge < -0.3 is 10.2 Å². The Morgan fingerprint density at radius 3 is 2.48 bits per heavy atom. The predicted octanol–water partition coefficient (Wildman–Crippen LogP) is 4.61. The lowest BCUT2D eigenvalue weighted by Crippen LogP contribution is -2.26. The van der Waals surface area contributed by atoms with Gasteiger partial charge >= 0.3 is 0 Å². The zero-order valence-corrected chi connectivity index (χ0v) is 14.3. The predicted molar refractivity (Wildman–Crippen MR) is 96.4 cm³/mol. The molecule has 0 saturated carbocycles. The molecule has 122 valence electrons. The monoisotopic (exact) mass is 331 g/mol. The first kappa shape index (κ1) is 17.3. The molecule has 0 aliphatic heterocycles. The highest BCUT2D eigenvalue weighted by atomic mass is 35.5. The molecule has 1 N–H and O–H groups in total. The summed E-state index contributed by atoms with van der Waals surface area (Å²) in [6, 6.07) is 10.8. The van der Waals surface area contributed by atoms with E-state index in [-0.39, 0.29) is 5.91 Å². The summed E-state index contributed by atoms with van der Waals surface area (Å²) in [5.41, 5.74) is 1.20. The fourth-order valence-electron chi connectivity index (χ4n) is 2.36. The molecular weight excluding hydrogens is 310 g/mol. The maximum Gasteiger partial charge on any atom is 0.257 e. The summed E-state index contributed by atoms with van der Waals surface area (Å²) in [6.07, 6.45) is 3.75. The van der Waals surface area contributed by atoms with Crippen molar-refractivity contribution in [3.63, 3.8) is 0 Å². The van der Waals surface area contributed by atoms with E-state index in [1.54, 1.807) is 36.5 Å². The van der Waals surface area contributed by atoms with Gasteiger partial charge in [-0.1, -0.05) is 31.5 Å². The minimum atomic E-state index is -0.191. The highest BCUT2D eigenvalue weighted by Gasteiger charge is 2.10. The fraction of sp³-hybridized carbons (Fsp3) is 0.333. The van der Waals surface area contributed by atoms with Crippen LogP contribution in [0.4, 0.5) is 11.5 Å². The van der Waals surface area contributed by atoms with Gasteiger partial charge in [-0.05, 0) is 43.2 Å². The van der Waals surface area contributed by atoms with Crippen molar-refractivity contribution in [1.29, 1.82) is 0 Å². The second-order valence-electron chi connectivity index (χ2n) is 5.36. The van der Waals surface area contributed by atoms with Gasteiger partial charge in [0, 0.05) is 30.0 Å². The molecule has 0 spiro atoms. The molecule has 1 amide bonds. The van der Waals surface area contributed by atoms with Crippen LogP contribution in [0.3, 0.4) is 0 Å². The molecule has 0 bridgehead atoms. The number of nitrogens with one attached hydrogen (secondary N) is 1. The van der Waals surface area contributed by atoms with E-state index >= 15 is 0 Å². The Balaban J connectivity index is 2.07. The van der Waals surface area contributed by atoms with Crippen LogP contribution >= 0.6 is 11.6 Å². The number of anilines is 2. The highest BCUT2D eigenvalue weighted by molar-refractivity contribution is 6.30. The molecule has 23 heavy (non-hydrogen) atoms. The normalized spacial score (nSPS) is 10.4. The molecule has 5 heteroatoms. The van der Waals surface area contributed by atoms with E-state index in [1.807, 2.05) is 6.07 Å². The van der Waals surface area contributed by atoms with E-state index in [1.165, 1.54) is 0 Å². The molecule has 1 aromatic carbocycles. The van der Waals surface area contributed by atoms with Gasteiger partial charge in [0.2, 0.25) is 0 Å². The van der Waals surface area contributed by atoms with Gasteiger partial charge in [0.15, 0.2) is 0 Å². The van der Waals surface area contributed by atoms with Crippen LogP contribution in [0.25, 0.3) is 0 Å². The van der Waals surface area contributed by atoms with Gasteiger partial charge in [-0.25, -0.2) is 4.98 Å². The average Bonchev–Trinajstić information content (AvgIpc) is 2.55. The quantitative estimate of drug-likeness (QED) is 0.805. The summed E-state index contributed by atoms with van der Waals surface area (Å²) in [4.78, 5) is 18.9. The van der Waals surface area contributed by atoms with Crippen molar-refractivity contribution in [2.75, 3.05) is 23.3 Å². The number of rotatable bonds is 7. The molecule has 0 radical (unpaired) electrons. The van der Waals surface area contributed by atoms with Crippen molar-refractivity contribution in [3.05, 3.63) is 53.2 Å². The number of benzene rings is 1. The Bertz CT molecular complexity index is 637. The molecule has 2 aromatic rings. The van der Waals surface area contributed by atoms with E-state index in [9.17, 15) is 4.79 Å². The molecule has 0 aliphatic carbocycles. The first-order valence-corrected chi connectivity index (χ1v) is 8.29. The molecule has 1 heterocycles. The standard InChI is InChI=1S/C18H22ClN3O/c1-3-10-22(11-4-2)17-9-8-14(13-20-17)18(23)21-16-7-5-6-15(19)12-16/h5-9,12-13H,3-4,10-11H2,1-2H3,(H,21,23). The van der Waals surface area contributed by atoms with Gasteiger partial charge in [0.05, 0.1) is 5.56 Å². The topological polar surface area (TPSA) is 45.2 Å². The first-order chi connectivity index (χ1) is 11.1. The van der Waals surface area contributed by atoms with Crippen LogP contribution < -0.4 is 10.2 Å². The first-order valence-electron chi connectivity index (χ1n) is 7.92. The van der Waals surface area contributed by atoms with Gasteiger partial charge in [-0.15, -0.1) is 0 Å². The van der Waals surface area contributed by atoms with Crippen molar-refractivity contribution in [3.8, 4) is 0 Å². The molecule has 0 aliphatic rings. The number of hydrogen-bond donors (Lipinski definition) is 1. The van der Waals surface area contributed by atoms with Gasteiger partial charge in [0.25, 0.3) is 5.91 Å². The van der Waals surface area contributed by atoms with Crippen LogP contribution in [0.5, 0.6) is 0 Å². The summed E-state index contributed by atoms with van der Waals surface area (Å²) in [5, 5.41) is 3.41. The third-order valence-corrected chi connectivity index (χ3v) is 3.64. The summed E-state index contributed by atoms with van der Waals surface area (Å²) >= 11 is 5.92. The highest BCUT2D eigenvalue weighted by Crippen LogP contribution is 2.17. The maximum absolute atomic E-state index is 12.3. The Morgan fingerprint density at radius 1 is 1.17 bits per heavy atom. The van der Waals surface area contributed by atoms with Crippen LogP contribution in [0.15, 0.2) is 42.6 Å². The Labute approximate surface area is 142 Å². The SMILES string of the molecule is CCCN(CCC)c1ccc(C(=O)Nc2cccc(Cl)c2)cn1. The zero-order chi connectivity index (χ0) is 16.7. The van der Waals surface area contributed by atoms with Crippen LogP contribution in [0.1, 0.15) is 37.0 Å². The van der Waals surface area contributed by atoms with Crippen LogP contribution in [-0.2, 0) is 0 Å². The van der Waals surface area contributed by atoms with E-state index < -0.39 is 0 Å². The van der Waals surface area contributed by atoms with Crippen molar-refractivity contribution in [1.82, 2.24) is 4.98 Å². The van der Waals surface area contributed by atoms with Crippen molar-refractivity contribution in [2.45, 2.75) is 26.7 Å². The molecule has 0 fully saturated rings. The summed E-state index contributed by atoms with van der Waals surface area (Å²) < 4.78 is 0. The lowest BCUT2D eigenvalue weighted by atomic mass is 10.2. The van der Waals surface area contributed by atoms with Crippen molar-refractivity contribution < 1.29 is 4.79 Å². The minimum absolute atomic E-state index is 0.191. The van der Waals surface area contributed by atoms with E-state index in [2.05, 4.69) is 29.0 Å². The summed E-state index contributed by atoms with van der Waals surface area (Å²) in [5.74, 6) is 0.719. The Hall–Kier alpha value is -2.07. The summed E-state index contributed by atoms with van der Waals surface area (Å²) in [7, 11) is 0. The average molecular weight is 332 g/mol. The largest absolute Gasteiger partial charge is 0.357 e. The second kappa shape index (κ2) is 8.53. The summed E-state index contributed by atoms with van der Waals surface area (Å²) in [6.45, 7) is 6.23. The number of amides is 1. The lowest BCUT2D eigenvalue weighted by Gasteiger charge is -2.22. The number of hydrogen-bond acceptors (Lipinski definition) is 3. The molecule has 4 nitrogen and oxygen atoms in total. The number of pyridine rings is 1. The van der Waals surface area contributed by atoms with Gasteiger partial charge in [-0.2, -0.15) is 0 Å². The molecule has 1 aromatic heterocycles. The second-order valence-corrected chi connectivity index (χ2v) is 5.79. The minimum Gasteiger partial charge on any atom is -0.357 e. The third-order valence-electron chi connectivity index (χ3n) is 3.40. The van der Waals surface area contributed by atoms with Crippen LogP contribution in [0.2, 0.25) is 5.02 Å². The molecule has 0 atom stereocenters. The van der Waals surface area contributed by atoms with Gasteiger partial charge in [0.1, 0.15) is 5.82 Å². The number of halogens is 1. The van der Waals surface area contributed by atoms with Crippen LogP contribution in [0, 0.1) is 0 Å². The molecular formula is C18H22ClN3O. The smallest absolute Gasteiger partial charge is 0.257 e. The Kier molecular flexibility index (Phi) is 6.41. The number of carbonyl (C=O) groups is 1.